The van der Waals surface area contributed by atoms with Gasteiger partial charge in [-0.15, -0.1) is 11.3 Å². The first-order valence-electron chi connectivity index (χ1n) is 5.15. The van der Waals surface area contributed by atoms with E-state index in [-0.39, 0.29) is 9.77 Å². The van der Waals surface area contributed by atoms with Crippen molar-refractivity contribution in [1.82, 2.24) is 4.31 Å². The van der Waals surface area contributed by atoms with Crippen molar-refractivity contribution in [3.8, 4) is 0 Å². The Hall–Kier alpha value is -0.920. The number of methoxy groups -OCH3 is 1. The fourth-order valence-corrected chi connectivity index (χ4v) is 4.82. The average Bonchev–Trinajstić information content (AvgIpc) is 2.56. The molecule has 7 heteroatoms. The Labute approximate surface area is 104 Å². The molecule has 1 aliphatic rings. The first-order chi connectivity index (χ1) is 7.98. The van der Waals surface area contributed by atoms with Crippen LogP contribution in [0, 0.1) is 6.92 Å². The van der Waals surface area contributed by atoms with Crippen LogP contribution in [0.3, 0.4) is 0 Å². The lowest BCUT2D eigenvalue weighted by Crippen LogP contribution is -2.42. The molecule has 0 aromatic carbocycles. The molecule has 0 saturated carbocycles. The van der Waals surface area contributed by atoms with E-state index in [1.165, 1.54) is 11.4 Å². The number of sulfonamides is 1. The molecule has 0 radical (unpaired) electrons. The second kappa shape index (κ2) is 4.40. The fraction of sp³-hybridized carbons (Fsp3) is 0.500. The molecule has 2 rings (SSSR count). The normalized spacial score (nSPS) is 16.6. The number of aryl methyl sites for hydroxylation is 1. The van der Waals surface area contributed by atoms with E-state index in [0.717, 1.165) is 17.8 Å². The topological polar surface area (TPSA) is 63.7 Å². The van der Waals surface area contributed by atoms with Crippen LogP contribution >= 0.6 is 11.3 Å². The zero-order chi connectivity index (χ0) is 12.6. The molecule has 0 spiro atoms. The number of hydrogen-bond acceptors (Lipinski definition) is 5. The van der Waals surface area contributed by atoms with Gasteiger partial charge in [0.05, 0.1) is 7.11 Å². The minimum atomic E-state index is -3.53. The van der Waals surface area contributed by atoms with Gasteiger partial charge in [0.1, 0.15) is 9.77 Å². The fourth-order valence-electron chi connectivity index (χ4n) is 1.64. The summed E-state index contributed by atoms with van der Waals surface area (Å²) in [5, 5.41) is 1.67. The number of carbonyl (C=O) groups excluding carboxylic acids is 1. The summed E-state index contributed by atoms with van der Waals surface area (Å²) < 4.78 is 30.5. The van der Waals surface area contributed by atoms with Gasteiger partial charge < -0.3 is 4.74 Å². The zero-order valence-electron chi connectivity index (χ0n) is 9.60. The van der Waals surface area contributed by atoms with E-state index in [9.17, 15) is 13.2 Å². The molecular formula is C10H13NO4S2. The maximum Gasteiger partial charge on any atom is 0.349 e. The van der Waals surface area contributed by atoms with Crippen LogP contribution in [0.15, 0.2) is 10.3 Å². The summed E-state index contributed by atoms with van der Waals surface area (Å²) in [6, 6.07) is 0. The summed E-state index contributed by atoms with van der Waals surface area (Å²) in [7, 11) is -2.28. The highest BCUT2D eigenvalue weighted by Crippen LogP contribution is 2.31. The number of rotatable bonds is 3. The molecule has 0 aliphatic carbocycles. The van der Waals surface area contributed by atoms with E-state index in [1.54, 1.807) is 12.3 Å². The summed E-state index contributed by atoms with van der Waals surface area (Å²) in [5.41, 5.74) is 0.599. The maximum atomic E-state index is 12.3. The van der Waals surface area contributed by atoms with Crippen molar-refractivity contribution in [3.05, 3.63) is 15.8 Å². The highest BCUT2D eigenvalue weighted by molar-refractivity contribution is 7.89. The summed E-state index contributed by atoms with van der Waals surface area (Å²) in [6.45, 7) is 2.74. The Morgan fingerprint density at radius 2 is 2.12 bits per heavy atom. The van der Waals surface area contributed by atoms with Gasteiger partial charge in [-0.25, -0.2) is 13.2 Å². The van der Waals surface area contributed by atoms with Crippen molar-refractivity contribution in [2.45, 2.75) is 18.2 Å². The van der Waals surface area contributed by atoms with E-state index < -0.39 is 16.0 Å². The van der Waals surface area contributed by atoms with Crippen LogP contribution in [0.4, 0.5) is 0 Å². The molecule has 1 fully saturated rings. The molecule has 5 nitrogen and oxygen atoms in total. The van der Waals surface area contributed by atoms with Crippen LogP contribution in [0.1, 0.15) is 21.7 Å². The van der Waals surface area contributed by atoms with E-state index in [0.29, 0.717) is 18.7 Å². The van der Waals surface area contributed by atoms with Crippen molar-refractivity contribution in [1.29, 1.82) is 0 Å². The second-order valence-electron chi connectivity index (χ2n) is 3.83. The zero-order valence-corrected chi connectivity index (χ0v) is 11.2. The molecule has 1 aliphatic heterocycles. The van der Waals surface area contributed by atoms with Gasteiger partial charge in [-0.1, -0.05) is 0 Å². The highest BCUT2D eigenvalue weighted by atomic mass is 32.2. The van der Waals surface area contributed by atoms with Crippen LogP contribution in [0.5, 0.6) is 0 Å². The molecule has 2 heterocycles. The first kappa shape index (κ1) is 12.5. The Morgan fingerprint density at radius 3 is 2.59 bits per heavy atom. The third-order valence-electron chi connectivity index (χ3n) is 2.70. The van der Waals surface area contributed by atoms with Gasteiger partial charge in [0, 0.05) is 13.1 Å². The van der Waals surface area contributed by atoms with Crippen molar-refractivity contribution in [2.24, 2.45) is 0 Å². The molecule has 0 N–H and O–H groups in total. The smallest absolute Gasteiger partial charge is 0.349 e. The molecule has 17 heavy (non-hydrogen) atoms. The highest BCUT2D eigenvalue weighted by Gasteiger charge is 2.35. The van der Waals surface area contributed by atoms with Gasteiger partial charge >= 0.3 is 5.97 Å². The van der Waals surface area contributed by atoms with E-state index in [1.807, 2.05) is 0 Å². The number of esters is 1. The van der Waals surface area contributed by atoms with Gasteiger partial charge in [0.2, 0.25) is 10.0 Å². The molecule has 0 bridgehead atoms. The molecule has 94 valence electrons. The SMILES string of the molecule is COC(=O)c1scc(C)c1S(=O)(=O)N1CCC1. The number of nitrogens with zero attached hydrogens (tertiary/aromatic N) is 1. The van der Waals surface area contributed by atoms with Gasteiger partial charge in [0.15, 0.2) is 0 Å². The van der Waals surface area contributed by atoms with Crippen molar-refractivity contribution < 1.29 is 17.9 Å². The Morgan fingerprint density at radius 1 is 1.47 bits per heavy atom. The van der Waals surface area contributed by atoms with Crippen molar-refractivity contribution in [3.63, 3.8) is 0 Å². The lowest BCUT2D eigenvalue weighted by Gasteiger charge is -2.29. The Kier molecular flexibility index (Phi) is 3.24. The lowest BCUT2D eigenvalue weighted by molar-refractivity contribution is 0.0602. The molecule has 0 amide bonds. The predicted octanol–water partition coefficient (Wildman–Crippen LogP) is 1.24. The van der Waals surface area contributed by atoms with Crippen LogP contribution < -0.4 is 0 Å². The van der Waals surface area contributed by atoms with Gasteiger partial charge in [-0.2, -0.15) is 4.31 Å². The van der Waals surface area contributed by atoms with Gasteiger partial charge in [-0.3, -0.25) is 0 Å². The molecule has 1 aromatic heterocycles. The predicted molar refractivity (Wildman–Crippen MR) is 63.8 cm³/mol. The molecule has 1 saturated heterocycles. The van der Waals surface area contributed by atoms with E-state index >= 15 is 0 Å². The van der Waals surface area contributed by atoms with E-state index in [4.69, 9.17) is 0 Å². The monoisotopic (exact) mass is 275 g/mol. The number of carbonyl (C=O) groups is 1. The van der Waals surface area contributed by atoms with Crippen molar-refractivity contribution in [2.75, 3.05) is 20.2 Å². The quantitative estimate of drug-likeness (QED) is 0.779. The Bertz CT molecular complexity index is 543. The summed E-state index contributed by atoms with van der Waals surface area (Å²) in [4.78, 5) is 11.8. The average molecular weight is 275 g/mol. The van der Waals surface area contributed by atoms with Crippen LogP contribution in [0.25, 0.3) is 0 Å². The van der Waals surface area contributed by atoms with Crippen LogP contribution in [0.2, 0.25) is 0 Å². The van der Waals surface area contributed by atoms with Gasteiger partial charge in [0.25, 0.3) is 0 Å². The maximum absolute atomic E-state index is 12.3. The van der Waals surface area contributed by atoms with E-state index in [2.05, 4.69) is 4.74 Å². The summed E-state index contributed by atoms with van der Waals surface area (Å²) in [5.74, 6) is -0.595. The number of ether oxygens (including phenoxy) is 1. The largest absolute Gasteiger partial charge is 0.465 e. The second-order valence-corrected chi connectivity index (χ2v) is 6.58. The van der Waals surface area contributed by atoms with Crippen LogP contribution in [-0.4, -0.2) is 38.9 Å². The third-order valence-corrected chi connectivity index (χ3v) is 6.00. The molecule has 1 aromatic rings. The number of thiophene rings is 1. The third kappa shape index (κ3) is 1.98. The minimum Gasteiger partial charge on any atom is -0.465 e. The standard InChI is InChI=1S/C10H13NO4S2/c1-7-6-16-8(10(12)15-2)9(7)17(13,14)11-4-3-5-11/h6H,3-5H2,1-2H3. The number of hydrogen-bond donors (Lipinski definition) is 0. The van der Waals surface area contributed by atoms with Crippen molar-refractivity contribution >= 4 is 27.3 Å². The van der Waals surface area contributed by atoms with Gasteiger partial charge in [-0.05, 0) is 24.3 Å². The van der Waals surface area contributed by atoms with Crippen LogP contribution in [-0.2, 0) is 14.8 Å². The summed E-state index contributed by atoms with van der Waals surface area (Å²) in [6.07, 6.45) is 0.871. The Balaban J connectivity index is 2.50. The molecular weight excluding hydrogens is 262 g/mol. The molecule has 0 unspecified atom stereocenters. The summed E-state index contributed by atoms with van der Waals surface area (Å²) >= 11 is 1.11. The minimum absolute atomic E-state index is 0.106. The molecule has 0 atom stereocenters. The lowest BCUT2D eigenvalue weighted by atomic mass is 10.3. The first-order valence-corrected chi connectivity index (χ1v) is 7.47.